The summed E-state index contributed by atoms with van der Waals surface area (Å²) in [6.07, 6.45) is 6.18. The highest BCUT2D eigenvalue weighted by atomic mass is 35.5. The molecule has 0 radical (unpaired) electrons. The second-order valence-corrected chi connectivity index (χ2v) is 10.2. The molecule has 2 aromatic carbocycles. The van der Waals surface area contributed by atoms with Gasteiger partial charge in [0.25, 0.3) is 11.8 Å². The molecule has 0 spiro atoms. The lowest BCUT2D eigenvalue weighted by atomic mass is 9.93. The zero-order valence-electron chi connectivity index (χ0n) is 21.5. The number of nitrogens with zero attached hydrogens (tertiary/aromatic N) is 2. The van der Waals surface area contributed by atoms with Crippen molar-refractivity contribution in [2.75, 3.05) is 0 Å². The summed E-state index contributed by atoms with van der Waals surface area (Å²) >= 11 is 6.22. The van der Waals surface area contributed by atoms with E-state index in [1.807, 2.05) is 68.4 Å². The minimum atomic E-state index is -0.656. The van der Waals surface area contributed by atoms with Gasteiger partial charge in [-0.15, -0.1) is 0 Å². The van der Waals surface area contributed by atoms with Crippen molar-refractivity contribution >= 4 is 35.5 Å². The molecule has 1 aliphatic heterocycles. The predicted molar refractivity (Wildman–Crippen MR) is 146 cm³/mol. The van der Waals surface area contributed by atoms with E-state index in [1.54, 1.807) is 6.08 Å². The molecule has 1 saturated heterocycles. The SMILES string of the molecule is Cc1cc(C=C2C(=O)NC(=O)N(C3CCCCC3)C2=O)c(C)n1-c1ccc(OCc2ccccc2Cl)cc1. The number of halogens is 1. The van der Waals surface area contributed by atoms with Crippen molar-refractivity contribution in [3.8, 4) is 11.4 Å². The van der Waals surface area contributed by atoms with Crippen molar-refractivity contribution in [3.63, 3.8) is 0 Å². The zero-order valence-corrected chi connectivity index (χ0v) is 22.3. The Kier molecular flexibility index (Phi) is 7.38. The van der Waals surface area contributed by atoms with Crippen LogP contribution in [0.2, 0.25) is 5.02 Å². The van der Waals surface area contributed by atoms with Gasteiger partial charge in [0.1, 0.15) is 17.9 Å². The van der Waals surface area contributed by atoms with Crippen LogP contribution in [0.4, 0.5) is 4.79 Å². The van der Waals surface area contributed by atoms with Crippen LogP contribution in [0.25, 0.3) is 11.8 Å². The first kappa shape index (κ1) is 25.8. The van der Waals surface area contributed by atoms with Crippen molar-refractivity contribution in [1.29, 1.82) is 0 Å². The molecule has 1 N–H and O–H groups in total. The Bertz CT molecular complexity index is 1420. The monoisotopic (exact) mass is 531 g/mol. The third-order valence-corrected chi connectivity index (χ3v) is 7.66. The summed E-state index contributed by atoms with van der Waals surface area (Å²) in [7, 11) is 0. The lowest BCUT2D eigenvalue weighted by Crippen LogP contribution is -2.58. The first-order valence-corrected chi connectivity index (χ1v) is 13.3. The first-order valence-electron chi connectivity index (χ1n) is 12.9. The van der Waals surface area contributed by atoms with Gasteiger partial charge in [-0.1, -0.05) is 49.1 Å². The van der Waals surface area contributed by atoms with Crippen molar-refractivity contribution in [1.82, 2.24) is 14.8 Å². The van der Waals surface area contributed by atoms with Gasteiger partial charge in [-0.2, -0.15) is 0 Å². The predicted octanol–water partition coefficient (Wildman–Crippen LogP) is 6.12. The molecule has 0 bridgehead atoms. The third-order valence-electron chi connectivity index (χ3n) is 7.29. The molecule has 1 aromatic heterocycles. The number of hydrogen-bond acceptors (Lipinski definition) is 4. The number of amides is 4. The van der Waals surface area contributed by atoms with Gasteiger partial charge in [-0.05, 0) is 74.7 Å². The van der Waals surface area contributed by atoms with E-state index in [1.165, 1.54) is 4.90 Å². The molecule has 38 heavy (non-hydrogen) atoms. The number of urea groups is 1. The minimum absolute atomic E-state index is 0.0151. The van der Waals surface area contributed by atoms with Crippen molar-refractivity contribution in [2.45, 2.75) is 58.6 Å². The highest BCUT2D eigenvalue weighted by Gasteiger charge is 2.40. The highest BCUT2D eigenvalue weighted by Crippen LogP contribution is 2.29. The number of benzene rings is 2. The summed E-state index contributed by atoms with van der Waals surface area (Å²) in [4.78, 5) is 39.7. The fourth-order valence-electron chi connectivity index (χ4n) is 5.30. The molecule has 2 heterocycles. The van der Waals surface area contributed by atoms with Crippen LogP contribution in [-0.4, -0.2) is 33.4 Å². The maximum atomic E-state index is 13.3. The molecule has 5 rings (SSSR count). The molecule has 2 fully saturated rings. The number of imide groups is 2. The van der Waals surface area contributed by atoms with E-state index < -0.39 is 17.8 Å². The summed E-state index contributed by atoms with van der Waals surface area (Å²) in [6.45, 7) is 4.28. The largest absolute Gasteiger partial charge is 0.489 e. The number of hydrogen-bond donors (Lipinski definition) is 1. The Morgan fingerprint density at radius 1 is 1.00 bits per heavy atom. The van der Waals surface area contributed by atoms with Gasteiger partial charge in [-0.3, -0.25) is 19.8 Å². The third kappa shape index (κ3) is 5.11. The van der Waals surface area contributed by atoms with Crippen LogP contribution in [0.1, 0.15) is 54.6 Å². The molecule has 8 heteroatoms. The zero-order chi connectivity index (χ0) is 26.8. The smallest absolute Gasteiger partial charge is 0.331 e. The molecule has 0 atom stereocenters. The van der Waals surface area contributed by atoms with E-state index in [4.69, 9.17) is 16.3 Å². The first-order chi connectivity index (χ1) is 18.3. The Labute approximate surface area is 227 Å². The quantitative estimate of drug-likeness (QED) is 0.307. The Hall–Kier alpha value is -3.84. The molecule has 1 saturated carbocycles. The van der Waals surface area contributed by atoms with Crippen LogP contribution in [0.15, 0.2) is 60.2 Å². The van der Waals surface area contributed by atoms with Gasteiger partial charge in [0, 0.05) is 33.7 Å². The molecular weight excluding hydrogens is 502 g/mol. The Balaban J connectivity index is 1.37. The van der Waals surface area contributed by atoms with E-state index in [2.05, 4.69) is 9.88 Å². The number of ether oxygens (including phenoxy) is 1. The molecule has 1 aliphatic carbocycles. The molecule has 7 nitrogen and oxygen atoms in total. The number of aromatic nitrogens is 1. The van der Waals surface area contributed by atoms with Crippen molar-refractivity contribution < 1.29 is 19.1 Å². The maximum Gasteiger partial charge on any atom is 0.331 e. The second kappa shape index (κ2) is 10.9. The number of carbonyl (C=O) groups excluding carboxylic acids is 3. The van der Waals surface area contributed by atoms with Gasteiger partial charge >= 0.3 is 6.03 Å². The molecule has 2 aliphatic rings. The standard InChI is InChI=1S/C30H30ClN3O4/c1-19-16-22(17-26-28(35)32-30(37)34(29(26)36)23-9-4-3-5-10-23)20(2)33(19)24-12-14-25(15-13-24)38-18-21-8-6-7-11-27(21)31/h6-8,11-17,23H,3-5,9-10,18H2,1-2H3,(H,32,35,37). The van der Waals surface area contributed by atoms with E-state index in [0.29, 0.717) is 11.6 Å². The highest BCUT2D eigenvalue weighted by molar-refractivity contribution is 6.31. The van der Waals surface area contributed by atoms with Crippen molar-refractivity contribution in [2.24, 2.45) is 0 Å². The van der Waals surface area contributed by atoms with Gasteiger partial charge in [-0.25, -0.2) is 4.79 Å². The van der Waals surface area contributed by atoms with Gasteiger partial charge in [0.15, 0.2) is 0 Å². The minimum Gasteiger partial charge on any atom is -0.489 e. The maximum absolute atomic E-state index is 13.3. The van der Waals surface area contributed by atoms with Crippen LogP contribution in [-0.2, 0) is 16.2 Å². The lowest BCUT2D eigenvalue weighted by molar-refractivity contribution is -0.132. The summed E-state index contributed by atoms with van der Waals surface area (Å²) in [5.74, 6) is -0.456. The molecule has 196 valence electrons. The summed E-state index contributed by atoms with van der Waals surface area (Å²) in [6, 6.07) is 16.4. The topological polar surface area (TPSA) is 80.6 Å². The normalized spacial score (nSPS) is 17.7. The number of barbiturate groups is 1. The molecule has 4 amide bonds. The van der Waals surface area contributed by atoms with Crippen LogP contribution in [0.5, 0.6) is 5.75 Å². The number of rotatable bonds is 6. The summed E-state index contributed by atoms with van der Waals surface area (Å²) in [5, 5.41) is 3.03. The molecule has 0 unspecified atom stereocenters. The van der Waals surface area contributed by atoms with Gasteiger partial charge < -0.3 is 9.30 Å². The molecular formula is C30H30ClN3O4. The van der Waals surface area contributed by atoms with Crippen LogP contribution >= 0.6 is 11.6 Å². The van der Waals surface area contributed by atoms with Crippen molar-refractivity contribution in [3.05, 3.63) is 87.7 Å². The van der Waals surface area contributed by atoms with E-state index in [-0.39, 0.29) is 11.6 Å². The van der Waals surface area contributed by atoms with Gasteiger partial charge in [0.2, 0.25) is 0 Å². The fraction of sp³-hybridized carbons (Fsp3) is 0.300. The van der Waals surface area contributed by atoms with E-state index >= 15 is 0 Å². The summed E-state index contributed by atoms with van der Waals surface area (Å²) in [5.41, 5.74) is 4.40. The number of carbonyl (C=O) groups is 3. The van der Waals surface area contributed by atoms with Gasteiger partial charge in [0.05, 0.1) is 0 Å². The van der Waals surface area contributed by atoms with E-state index in [9.17, 15) is 14.4 Å². The number of aryl methyl sites for hydroxylation is 1. The Morgan fingerprint density at radius 3 is 2.42 bits per heavy atom. The average Bonchev–Trinajstić information content (AvgIpc) is 3.19. The molecule has 3 aromatic rings. The van der Waals surface area contributed by atoms with Crippen LogP contribution in [0.3, 0.4) is 0 Å². The number of nitrogens with one attached hydrogen (secondary N) is 1. The van der Waals surface area contributed by atoms with Crippen LogP contribution in [0, 0.1) is 13.8 Å². The van der Waals surface area contributed by atoms with E-state index in [0.717, 1.165) is 66.1 Å². The summed E-state index contributed by atoms with van der Waals surface area (Å²) < 4.78 is 7.96. The fourth-order valence-corrected chi connectivity index (χ4v) is 5.49. The average molecular weight is 532 g/mol. The Morgan fingerprint density at radius 2 is 1.71 bits per heavy atom. The second-order valence-electron chi connectivity index (χ2n) is 9.82. The van der Waals surface area contributed by atoms with Crippen LogP contribution < -0.4 is 10.1 Å². The lowest BCUT2D eigenvalue weighted by Gasteiger charge is -2.35.